The summed E-state index contributed by atoms with van der Waals surface area (Å²) in [6, 6.07) is 25.1. The zero-order chi connectivity index (χ0) is 19.7. The summed E-state index contributed by atoms with van der Waals surface area (Å²) >= 11 is 0. The van der Waals surface area contributed by atoms with E-state index in [1.165, 1.54) is 22.3 Å². The molecule has 28 heavy (non-hydrogen) atoms. The molecule has 0 saturated heterocycles. The molecule has 1 aliphatic carbocycles. The van der Waals surface area contributed by atoms with Gasteiger partial charge in [0.1, 0.15) is 17.1 Å². The van der Waals surface area contributed by atoms with Crippen LogP contribution in [0, 0.1) is 0 Å². The normalized spacial score (nSPS) is 19.1. The Morgan fingerprint density at radius 3 is 2.25 bits per heavy atom. The number of ether oxygens (including phenoxy) is 1. The van der Waals surface area contributed by atoms with Crippen LogP contribution in [0.5, 0.6) is 11.5 Å². The van der Waals surface area contributed by atoms with E-state index < -0.39 is 0 Å². The zero-order valence-corrected chi connectivity index (χ0v) is 16.9. The van der Waals surface area contributed by atoms with Crippen molar-refractivity contribution in [3.8, 4) is 11.5 Å². The Balaban J connectivity index is 1.78. The van der Waals surface area contributed by atoms with Crippen molar-refractivity contribution in [2.24, 2.45) is 0 Å². The molecule has 0 aliphatic heterocycles. The predicted molar refractivity (Wildman–Crippen MR) is 114 cm³/mol. The molecule has 1 unspecified atom stereocenters. The molecular formula is C26H28O2. The number of phenols is 1. The first-order chi connectivity index (χ1) is 13.4. The molecule has 0 radical (unpaired) electrons. The Morgan fingerprint density at radius 2 is 1.57 bits per heavy atom. The minimum absolute atomic E-state index is 0.203. The third-order valence-corrected chi connectivity index (χ3v) is 5.48. The molecule has 0 spiro atoms. The van der Waals surface area contributed by atoms with Crippen LogP contribution in [0.25, 0.3) is 0 Å². The largest absolute Gasteiger partial charge is 0.508 e. The van der Waals surface area contributed by atoms with E-state index in [2.05, 4.69) is 81.4 Å². The topological polar surface area (TPSA) is 29.5 Å². The van der Waals surface area contributed by atoms with E-state index in [1.807, 2.05) is 0 Å². The standard InChI is InChI=1S/C26H28O2/c1-26(2,3)28-22-14-16-24-20(17-22)11-15-23(18-7-5-4-6-8-18)25(24)19-9-12-21(27)13-10-19/h4-10,12-14,16-17,23,25,27H,11,15H2,1-3H3/t23-,25?/m0/s1. The fourth-order valence-corrected chi connectivity index (χ4v) is 4.37. The monoisotopic (exact) mass is 372 g/mol. The molecule has 0 fully saturated rings. The van der Waals surface area contributed by atoms with E-state index in [0.717, 1.165) is 18.6 Å². The fourth-order valence-electron chi connectivity index (χ4n) is 4.37. The molecule has 4 rings (SSSR count). The van der Waals surface area contributed by atoms with Crippen molar-refractivity contribution in [2.75, 3.05) is 0 Å². The minimum Gasteiger partial charge on any atom is -0.508 e. The molecule has 3 aromatic carbocycles. The van der Waals surface area contributed by atoms with Crippen molar-refractivity contribution in [2.45, 2.75) is 51.0 Å². The van der Waals surface area contributed by atoms with Gasteiger partial charge in [-0.05, 0) is 86.1 Å². The van der Waals surface area contributed by atoms with Gasteiger partial charge in [0.25, 0.3) is 0 Å². The summed E-state index contributed by atoms with van der Waals surface area (Å²) in [5.41, 5.74) is 5.16. The Labute approximate surface area is 167 Å². The molecule has 1 N–H and O–H groups in total. The number of aryl methyl sites for hydroxylation is 1. The highest BCUT2D eigenvalue weighted by molar-refractivity contribution is 5.48. The Bertz CT molecular complexity index is 936. The first-order valence-electron chi connectivity index (χ1n) is 10.1. The molecule has 0 aromatic heterocycles. The lowest BCUT2D eigenvalue weighted by Gasteiger charge is -2.35. The number of benzene rings is 3. The van der Waals surface area contributed by atoms with Gasteiger partial charge >= 0.3 is 0 Å². The maximum atomic E-state index is 9.76. The summed E-state index contributed by atoms with van der Waals surface area (Å²) in [5.74, 6) is 1.95. The van der Waals surface area contributed by atoms with Crippen LogP contribution in [-0.2, 0) is 6.42 Å². The van der Waals surface area contributed by atoms with Crippen molar-refractivity contribution in [3.05, 3.63) is 95.1 Å². The van der Waals surface area contributed by atoms with E-state index in [1.54, 1.807) is 12.1 Å². The number of fused-ring (bicyclic) bond motifs is 1. The molecule has 3 aromatic rings. The van der Waals surface area contributed by atoms with Crippen molar-refractivity contribution in [1.82, 2.24) is 0 Å². The van der Waals surface area contributed by atoms with Gasteiger partial charge in [0, 0.05) is 5.92 Å². The van der Waals surface area contributed by atoms with Gasteiger partial charge < -0.3 is 9.84 Å². The van der Waals surface area contributed by atoms with Crippen molar-refractivity contribution in [1.29, 1.82) is 0 Å². The maximum absolute atomic E-state index is 9.76. The van der Waals surface area contributed by atoms with Crippen LogP contribution in [0.2, 0.25) is 0 Å². The lowest BCUT2D eigenvalue weighted by atomic mass is 9.69. The van der Waals surface area contributed by atoms with Gasteiger partial charge in [-0.3, -0.25) is 0 Å². The van der Waals surface area contributed by atoms with E-state index in [0.29, 0.717) is 11.7 Å². The van der Waals surface area contributed by atoms with Gasteiger partial charge in [0.2, 0.25) is 0 Å². The summed E-state index contributed by atoms with van der Waals surface area (Å²) in [5, 5.41) is 9.76. The minimum atomic E-state index is -0.203. The van der Waals surface area contributed by atoms with Crippen molar-refractivity contribution in [3.63, 3.8) is 0 Å². The highest BCUT2D eigenvalue weighted by Gasteiger charge is 2.32. The molecule has 144 valence electrons. The van der Waals surface area contributed by atoms with Crippen molar-refractivity contribution < 1.29 is 9.84 Å². The Hall–Kier alpha value is -2.74. The van der Waals surface area contributed by atoms with Crippen molar-refractivity contribution >= 4 is 0 Å². The molecule has 2 atom stereocenters. The average molecular weight is 373 g/mol. The van der Waals surface area contributed by atoms with Gasteiger partial charge in [-0.15, -0.1) is 0 Å². The van der Waals surface area contributed by atoms with Gasteiger partial charge in [-0.25, -0.2) is 0 Å². The second-order valence-electron chi connectivity index (χ2n) is 8.70. The van der Waals surface area contributed by atoms with Crippen LogP contribution in [0.15, 0.2) is 72.8 Å². The third-order valence-electron chi connectivity index (χ3n) is 5.48. The zero-order valence-electron chi connectivity index (χ0n) is 16.9. The van der Waals surface area contributed by atoms with E-state index in [-0.39, 0.29) is 11.5 Å². The van der Waals surface area contributed by atoms with Crippen LogP contribution in [0.4, 0.5) is 0 Å². The molecule has 0 amide bonds. The lowest BCUT2D eigenvalue weighted by Crippen LogP contribution is -2.24. The summed E-state index contributed by atoms with van der Waals surface area (Å²) in [6.07, 6.45) is 2.15. The third kappa shape index (κ3) is 3.91. The average Bonchev–Trinajstić information content (AvgIpc) is 2.67. The van der Waals surface area contributed by atoms with Crippen LogP contribution in [0.1, 0.15) is 61.3 Å². The van der Waals surface area contributed by atoms with Crippen LogP contribution in [0.3, 0.4) is 0 Å². The highest BCUT2D eigenvalue weighted by Crippen LogP contribution is 2.47. The highest BCUT2D eigenvalue weighted by atomic mass is 16.5. The molecular weight excluding hydrogens is 344 g/mol. The van der Waals surface area contributed by atoms with Crippen LogP contribution >= 0.6 is 0 Å². The van der Waals surface area contributed by atoms with E-state index >= 15 is 0 Å². The second kappa shape index (κ2) is 7.35. The number of hydrogen-bond acceptors (Lipinski definition) is 2. The molecule has 1 aliphatic rings. The summed E-state index contributed by atoms with van der Waals surface area (Å²) < 4.78 is 6.10. The lowest BCUT2D eigenvalue weighted by molar-refractivity contribution is 0.130. The SMILES string of the molecule is CC(C)(C)Oc1ccc2c(c1)CC[C@@H](c1ccccc1)C2c1ccc(O)cc1. The maximum Gasteiger partial charge on any atom is 0.120 e. The first kappa shape index (κ1) is 18.6. The summed E-state index contributed by atoms with van der Waals surface area (Å²) in [4.78, 5) is 0. The van der Waals surface area contributed by atoms with Crippen LogP contribution < -0.4 is 4.74 Å². The Morgan fingerprint density at radius 1 is 0.857 bits per heavy atom. The molecule has 0 bridgehead atoms. The summed E-state index contributed by atoms with van der Waals surface area (Å²) in [7, 11) is 0. The van der Waals surface area contributed by atoms with Gasteiger partial charge in [-0.1, -0.05) is 48.5 Å². The molecule has 0 heterocycles. The van der Waals surface area contributed by atoms with E-state index in [4.69, 9.17) is 4.74 Å². The van der Waals surface area contributed by atoms with Gasteiger partial charge in [-0.2, -0.15) is 0 Å². The van der Waals surface area contributed by atoms with E-state index in [9.17, 15) is 5.11 Å². The fraction of sp³-hybridized carbons (Fsp3) is 0.308. The number of aromatic hydroxyl groups is 1. The first-order valence-corrected chi connectivity index (χ1v) is 10.1. The predicted octanol–water partition coefficient (Wildman–Crippen LogP) is 6.43. The van der Waals surface area contributed by atoms with Gasteiger partial charge in [0.15, 0.2) is 0 Å². The van der Waals surface area contributed by atoms with Crippen LogP contribution in [-0.4, -0.2) is 10.7 Å². The molecule has 0 saturated carbocycles. The number of phenolic OH excluding ortho intramolecular Hbond substituents is 1. The van der Waals surface area contributed by atoms with Gasteiger partial charge in [0.05, 0.1) is 0 Å². The molecule has 2 nitrogen and oxygen atoms in total. The molecule has 2 heteroatoms. The Kier molecular flexibility index (Phi) is 4.89. The quantitative estimate of drug-likeness (QED) is 0.574. The summed E-state index contributed by atoms with van der Waals surface area (Å²) in [6.45, 7) is 6.24. The second-order valence-corrected chi connectivity index (χ2v) is 8.70. The number of rotatable bonds is 3. The smallest absolute Gasteiger partial charge is 0.120 e. The number of hydrogen-bond donors (Lipinski definition) is 1.